The fourth-order valence-electron chi connectivity index (χ4n) is 3.51. The van der Waals surface area contributed by atoms with E-state index in [1.165, 1.54) is 22.3 Å². The van der Waals surface area contributed by atoms with E-state index in [9.17, 15) is 0 Å². The highest BCUT2D eigenvalue weighted by molar-refractivity contribution is 6.30. The van der Waals surface area contributed by atoms with Crippen LogP contribution in [-0.2, 0) is 5.66 Å². The topological polar surface area (TPSA) is 24.1 Å². The van der Waals surface area contributed by atoms with Gasteiger partial charge in [-0.15, -0.1) is 0 Å². The molecule has 126 valence electrons. The second kappa shape index (κ2) is 6.21. The number of anilines is 1. The molecule has 25 heavy (non-hydrogen) atoms. The summed E-state index contributed by atoms with van der Waals surface area (Å²) >= 11 is 6.28. The Kier molecular flexibility index (Phi) is 4.03. The van der Waals surface area contributed by atoms with Crippen LogP contribution < -0.4 is 10.6 Å². The maximum absolute atomic E-state index is 6.28. The van der Waals surface area contributed by atoms with Crippen molar-refractivity contribution in [3.8, 4) is 0 Å². The lowest BCUT2D eigenvalue weighted by Gasteiger charge is -2.43. The normalized spacial score (nSPS) is 22.1. The first-order chi connectivity index (χ1) is 12.0. The summed E-state index contributed by atoms with van der Waals surface area (Å²) in [6, 6.07) is 25.3. The largest absolute Gasteiger partial charge is 0.363 e. The van der Waals surface area contributed by atoms with Crippen molar-refractivity contribution in [2.45, 2.75) is 25.6 Å². The van der Waals surface area contributed by atoms with Crippen LogP contribution in [0.3, 0.4) is 0 Å². The monoisotopic (exact) mass is 348 g/mol. The zero-order valence-corrected chi connectivity index (χ0v) is 15.1. The highest BCUT2D eigenvalue weighted by atomic mass is 35.5. The Bertz CT molecular complexity index is 890. The molecule has 3 aromatic carbocycles. The third-order valence-corrected chi connectivity index (χ3v) is 5.14. The molecule has 0 saturated heterocycles. The molecule has 3 aromatic rings. The molecule has 2 nitrogen and oxygen atoms in total. The number of hydrogen-bond donors (Lipinski definition) is 2. The molecule has 0 radical (unpaired) electrons. The maximum Gasteiger partial charge on any atom is 0.112 e. The lowest BCUT2D eigenvalue weighted by atomic mass is 9.88. The van der Waals surface area contributed by atoms with Gasteiger partial charge in [-0.05, 0) is 48.7 Å². The second-order valence-corrected chi connectivity index (χ2v) is 7.27. The Hall–Kier alpha value is -2.29. The van der Waals surface area contributed by atoms with Crippen LogP contribution in [0.25, 0.3) is 0 Å². The predicted octanol–water partition coefficient (Wildman–Crippen LogP) is 5.63. The Morgan fingerprint density at radius 1 is 0.920 bits per heavy atom. The second-order valence-electron chi connectivity index (χ2n) is 6.84. The summed E-state index contributed by atoms with van der Waals surface area (Å²) in [7, 11) is 0. The standard InChI is InChI=1S/C22H21ClN2/c1-15-8-10-17(11-9-15)22(2)24-20-13-12-18(23)14-19(20)21(25-22)16-6-4-3-5-7-16/h3-14,21,24-25H,1-2H3/t21-,22+/m0/s1. The Balaban J connectivity index is 1.84. The van der Waals surface area contributed by atoms with E-state index in [4.69, 9.17) is 11.6 Å². The molecule has 0 unspecified atom stereocenters. The quantitative estimate of drug-likeness (QED) is 0.627. The van der Waals surface area contributed by atoms with Crippen molar-refractivity contribution in [1.29, 1.82) is 0 Å². The van der Waals surface area contributed by atoms with Gasteiger partial charge < -0.3 is 5.32 Å². The van der Waals surface area contributed by atoms with E-state index in [0.717, 1.165) is 10.7 Å². The predicted molar refractivity (Wildman–Crippen MR) is 105 cm³/mol. The molecular weight excluding hydrogens is 328 g/mol. The zero-order chi connectivity index (χ0) is 17.4. The zero-order valence-electron chi connectivity index (χ0n) is 14.4. The van der Waals surface area contributed by atoms with Crippen molar-refractivity contribution < 1.29 is 0 Å². The van der Waals surface area contributed by atoms with Crippen molar-refractivity contribution in [2.24, 2.45) is 0 Å². The van der Waals surface area contributed by atoms with E-state index < -0.39 is 0 Å². The lowest BCUT2D eigenvalue weighted by molar-refractivity contribution is 0.367. The molecule has 0 fully saturated rings. The molecule has 0 spiro atoms. The number of nitrogens with one attached hydrogen (secondary N) is 2. The van der Waals surface area contributed by atoms with E-state index in [1.54, 1.807) is 0 Å². The minimum Gasteiger partial charge on any atom is -0.363 e. The molecular formula is C22H21ClN2. The summed E-state index contributed by atoms with van der Waals surface area (Å²) < 4.78 is 0. The van der Waals surface area contributed by atoms with Gasteiger partial charge in [-0.1, -0.05) is 71.8 Å². The fourth-order valence-corrected chi connectivity index (χ4v) is 3.69. The highest BCUT2D eigenvalue weighted by Crippen LogP contribution is 2.40. The molecule has 1 aliphatic heterocycles. The van der Waals surface area contributed by atoms with E-state index in [-0.39, 0.29) is 11.7 Å². The van der Waals surface area contributed by atoms with Crippen LogP contribution in [0.15, 0.2) is 72.8 Å². The summed E-state index contributed by atoms with van der Waals surface area (Å²) in [5.74, 6) is 0. The first kappa shape index (κ1) is 16.2. The van der Waals surface area contributed by atoms with Crippen LogP contribution in [0.1, 0.15) is 35.2 Å². The van der Waals surface area contributed by atoms with Crippen LogP contribution in [0.4, 0.5) is 5.69 Å². The molecule has 2 N–H and O–H groups in total. The number of benzene rings is 3. The number of hydrogen-bond acceptors (Lipinski definition) is 2. The summed E-state index contributed by atoms with van der Waals surface area (Å²) in [5, 5.41) is 8.21. The summed E-state index contributed by atoms with van der Waals surface area (Å²) in [6.45, 7) is 4.29. The number of rotatable bonds is 2. The summed E-state index contributed by atoms with van der Waals surface area (Å²) in [6.07, 6.45) is 0. The SMILES string of the molecule is Cc1ccc([C@]2(C)Nc3ccc(Cl)cc3[C@H](c3ccccc3)N2)cc1. The van der Waals surface area contributed by atoms with Gasteiger partial charge in [-0.2, -0.15) is 0 Å². The van der Waals surface area contributed by atoms with Gasteiger partial charge in [-0.25, -0.2) is 0 Å². The molecule has 2 atom stereocenters. The van der Waals surface area contributed by atoms with Crippen LogP contribution in [0, 0.1) is 6.92 Å². The Morgan fingerprint density at radius 3 is 2.36 bits per heavy atom. The van der Waals surface area contributed by atoms with Crippen molar-refractivity contribution in [3.63, 3.8) is 0 Å². The number of aryl methyl sites for hydroxylation is 1. The van der Waals surface area contributed by atoms with Crippen molar-refractivity contribution >= 4 is 17.3 Å². The van der Waals surface area contributed by atoms with Crippen LogP contribution in [-0.4, -0.2) is 0 Å². The highest BCUT2D eigenvalue weighted by Gasteiger charge is 2.36. The lowest BCUT2D eigenvalue weighted by Crippen LogP contribution is -2.51. The summed E-state index contributed by atoms with van der Waals surface area (Å²) in [4.78, 5) is 0. The van der Waals surface area contributed by atoms with Gasteiger partial charge in [0.15, 0.2) is 0 Å². The molecule has 1 aliphatic rings. The Labute approximate surface area is 153 Å². The van der Waals surface area contributed by atoms with Gasteiger partial charge in [0, 0.05) is 10.7 Å². The number of fused-ring (bicyclic) bond motifs is 1. The van der Waals surface area contributed by atoms with Gasteiger partial charge in [0.1, 0.15) is 5.66 Å². The minimum absolute atomic E-state index is 0.0717. The van der Waals surface area contributed by atoms with E-state index in [1.807, 2.05) is 18.2 Å². The molecule has 0 amide bonds. The van der Waals surface area contributed by atoms with Gasteiger partial charge in [0.25, 0.3) is 0 Å². The van der Waals surface area contributed by atoms with E-state index in [0.29, 0.717) is 0 Å². The van der Waals surface area contributed by atoms with Gasteiger partial charge in [0.05, 0.1) is 6.04 Å². The average molecular weight is 349 g/mol. The summed E-state index contributed by atoms with van der Waals surface area (Å²) in [5.41, 5.74) is 5.61. The molecule has 4 rings (SSSR count). The van der Waals surface area contributed by atoms with Gasteiger partial charge >= 0.3 is 0 Å². The third kappa shape index (κ3) is 3.04. The first-order valence-electron chi connectivity index (χ1n) is 8.53. The van der Waals surface area contributed by atoms with E-state index in [2.05, 4.69) is 79.1 Å². The smallest absolute Gasteiger partial charge is 0.112 e. The average Bonchev–Trinajstić information content (AvgIpc) is 2.63. The van der Waals surface area contributed by atoms with Crippen LogP contribution >= 0.6 is 11.6 Å². The van der Waals surface area contributed by atoms with Crippen molar-refractivity contribution in [2.75, 3.05) is 5.32 Å². The fraction of sp³-hybridized carbons (Fsp3) is 0.182. The maximum atomic E-state index is 6.28. The first-order valence-corrected chi connectivity index (χ1v) is 8.90. The van der Waals surface area contributed by atoms with Crippen molar-refractivity contribution in [3.05, 3.63) is 100 Å². The van der Waals surface area contributed by atoms with Crippen molar-refractivity contribution in [1.82, 2.24) is 5.32 Å². The molecule has 0 aliphatic carbocycles. The number of halogens is 1. The van der Waals surface area contributed by atoms with Gasteiger partial charge in [-0.3, -0.25) is 5.32 Å². The molecule has 0 saturated carbocycles. The minimum atomic E-state index is -0.366. The van der Waals surface area contributed by atoms with Crippen LogP contribution in [0.5, 0.6) is 0 Å². The molecule has 1 heterocycles. The molecule has 3 heteroatoms. The van der Waals surface area contributed by atoms with Gasteiger partial charge in [0.2, 0.25) is 0 Å². The molecule has 0 aromatic heterocycles. The van der Waals surface area contributed by atoms with E-state index >= 15 is 0 Å². The Morgan fingerprint density at radius 2 is 1.64 bits per heavy atom. The van der Waals surface area contributed by atoms with Crippen LogP contribution in [0.2, 0.25) is 5.02 Å². The molecule has 0 bridgehead atoms. The third-order valence-electron chi connectivity index (χ3n) is 4.90.